The summed E-state index contributed by atoms with van der Waals surface area (Å²) in [5.74, 6) is 0. The summed E-state index contributed by atoms with van der Waals surface area (Å²) in [7, 11) is 2.03. The molecule has 2 rings (SSSR count). The van der Waals surface area contributed by atoms with Crippen LogP contribution in [0.15, 0.2) is 4.47 Å². The number of nitrogens with zero attached hydrogens (tertiary/aromatic N) is 2. The lowest BCUT2D eigenvalue weighted by molar-refractivity contribution is 0.354. The molecule has 0 spiro atoms. The Morgan fingerprint density at radius 1 is 1.53 bits per heavy atom. The Kier molecular flexibility index (Phi) is 3.64. The van der Waals surface area contributed by atoms with E-state index in [0.29, 0.717) is 11.5 Å². The predicted molar refractivity (Wildman–Crippen MR) is 74.2 cm³/mol. The molecule has 0 bridgehead atoms. The molecule has 0 aliphatic heterocycles. The fraction of sp³-hybridized carbons (Fsp3) is 0.769. The van der Waals surface area contributed by atoms with Crippen LogP contribution in [0, 0.1) is 12.3 Å². The Labute approximate surface area is 112 Å². The SMILES string of the molecule is CCNC(Cc1c(Br)c(C)nn1C)C1(C)CC1. The maximum absolute atomic E-state index is 4.47. The molecule has 1 saturated carbocycles. The van der Waals surface area contributed by atoms with Gasteiger partial charge in [-0.15, -0.1) is 0 Å². The molecule has 0 aromatic carbocycles. The topological polar surface area (TPSA) is 29.9 Å². The van der Waals surface area contributed by atoms with Gasteiger partial charge in [-0.2, -0.15) is 5.10 Å². The molecule has 0 radical (unpaired) electrons. The number of aromatic nitrogens is 2. The Balaban J connectivity index is 2.17. The van der Waals surface area contributed by atoms with Gasteiger partial charge in [-0.05, 0) is 47.7 Å². The minimum Gasteiger partial charge on any atom is -0.313 e. The van der Waals surface area contributed by atoms with Crippen LogP contribution < -0.4 is 5.32 Å². The zero-order valence-electron chi connectivity index (χ0n) is 11.2. The van der Waals surface area contributed by atoms with Crippen molar-refractivity contribution in [3.05, 3.63) is 15.9 Å². The van der Waals surface area contributed by atoms with E-state index in [1.165, 1.54) is 23.0 Å². The molecule has 0 saturated heterocycles. The van der Waals surface area contributed by atoms with Crippen molar-refractivity contribution in [2.75, 3.05) is 6.54 Å². The molecule has 1 atom stereocenters. The molecule has 1 aliphatic carbocycles. The Bertz CT molecular complexity index is 407. The lowest BCUT2D eigenvalue weighted by atomic mass is 9.94. The molecule has 96 valence electrons. The van der Waals surface area contributed by atoms with Gasteiger partial charge in [-0.25, -0.2) is 0 Å². The van der Waals surface area contributed by atoms with E-state index in [4.69, 9.17) is 0 Å². The molecule has 1 N–H and O–H groups in total. The third-order valence-corrected chi connectivity index (χ3v) is 5.02. The molecule has 1 aromatic heterocycles. The second kappa shape index (κ2) is 4.73. The number of rotatable bonds is 5. The van der Waals surface area contributed by atoms with E-state index in [9.17, 15) is 0 Å². The number of likely N-dealkylation sites (N-methyl/N-ethyl adjacent to an activating group) is 1. The maximum atomic E-state index is 4.47. The van der Waals surface area contributed by atoms with Crippen LogP contribution in [0.2, 0.25) is 0 Å². The summed E-state index contributed by atoms with van der Waals surface area (Å²) < 4.78 is 3.18. The van der Waals surface area contributed by atoms with E-state index < -0.39 is 0 Å². The number of hydrogen-bond donors (Lipinski definition) is 1. The van der Waals surface area contributed by atoms with Crippen molar-refractivity contribution in [2.24, 2.45) is 12.5 Å². The van der Waals surface area contributed by atoms with Crippen LogP contribution in [-0.2, 0) is 13.5 Å². The third-order valence-electron chi connectivity index (χ3n) is 3.99. The molecule has 1 aliphatic rings. The van der Waals surface area contributed by atoms with Crippen LogP contribution in [0.4, 0.5) is 0 Å². The van der Waals surface area contributed by atoms with Gasteiger partial charge >= 0.3 is 0 Å². The smallest absolute Gasteiger partial charge is 0.0738 e. The number of hydrogen-bond acceptors (Lipinski definition) is 2. The molecule has 1 fully saturated rings. The van der Waals surface area contributed by atoms with E-state index >= 15 is 0 Å². The van der Waals surface area contributed by atoms with Crippen molar-refractivity contribution >= 4 is 15.9 Å². The van der Waals surface area contributed by atoms with Crippen molar-refractivity contribution in [3.8, 4) is 0 Å². The van der Waals surface area contributed by atoms with Crippen molar-refractivity contribution < 1.29 is 0 Å². The highest BCUT2D eigenvalue weighted by Crippen LogP contribution is 2.49. The molecule has 4 heteroatoms. The lowest BCUT2D eigenvalue weighted by Gasteiger charge is -2.24. The number of nitrogens with one attached hydrogen (secondary N) is 1. The summed E-state index contributed by atoms with van der Waals surface area (Å²) in [6, 6.07) is 0.568. The minimum absolute atomic E-state index is 0.494. The molecule has 17 heavy (non-hydrogen) atoms. The van der Waals surface area contributed by atoms with E-state index in [1.807, 2.05) is 11.7 Å². The molecule has 0 amide bonds. The predicted octanol–water partition coefficient (Wildman–Crippen LogP) is 2.81. The van der Waals surface area contributed by atoms with E-state index in [2.05, 4.69) is 47.1 Å². The fourth-order valence-electron chi connectivity index (χ4n) is 2.45. The number of halogens is 1. The summed E-state index contributed by atoms with van der Waals surface area (Å²) in [6.45, 7) is 7.66. The quantitative estimate of drug-likeness (QED) is 0.906. The van der Waals surface area contributed by atoms with Gasteiger partial charge in [0.25, 0.3) is 0 Å². The van der Waals surface area contributed by atoms with Gasteiger partial charge in [-0.3, -0.25) is 4.68 Å². The van der Waals surface area contributed by atoms with Gasteiger partial charge in [-0.1, -0.05) is 13.8 Å². The monoisotopic (exact) mass is 299 g/mol. The molecule has 1 aromatic rings. The molecular formula is C13H22BrN3. The average molecular weight is 300 g/mol. The average Bonchev–Trinajstić information content (AvgIpc) is 2.97. The molecule has 3 nitrogen and oxygen atoms in total. The van der Waals surface area contributed by atoms with Crippen molar-refractivity contribution in [1.29, 1.82) is 0 Å². The summed E-state index contributed by atoms with van der Waals surface area (Å²) in [4.78, 5) is 0. The third kappa shape index (κ3) is 2.58. The zero-order chi connectivity index (χ0) is 12.6. The van der Waals surface area contributed by atoms with Crippen molar-refractivity contribution in [2.45, 2.75) is 46.1 Å². The minimum atomic E-state index is 0.494. The standard InChI is InChI=1S/C13H22BrN3/c1-5-15-11(13(3)6-7-13)8-10-12(14)9(2)16-17(10)4/h11,15H,5-8H2,1-4H3. The van der Waals surface area contributed by atoms with Crippen LogP contribution in [0.25, 0.3) is 0 Å². The van der Waals surface area contributed by atoms with E-state index in [1.54, 1.807) is 0 Å². The second-order valence-electron chi connectivity index (χ2n) is 5.44. The van der Waals surface area contributed by atoms with Gasteiger partial charge < -0.3 is 5.32 Å². The summed E-state index contributed by atoms with van der Waals surface area (Å²) in [5, 5.41) is 8.10. The molecular weight excluding hydrogens is 278 g/mol. The summed E-state index contributed by atoms with van der Waals surface area (Å²) in [5.41, 5.74) is 2.88. The number of aryl methyl sites for hydroxylation is 2. The van der Waals surface area contributed by atoms with E-state index in [-0.39, 0.29) is 0 Å². The summed E-state index contributed by atoms with van der Waals surface area (Å²) >= 11 is 3.66. The van der Waals surface area contributed by atoms with E-state index in [0.717, 1.165) is 18.7 Å². The van der Waals surface area contributed by atoms with Crippen LogP contribution in [0.1, 0.15) is 38.1 Å². The fourth-order valence-corrected chi connectivity index (χ4v) is 2.95. The van der Waals surface area contributed by atoms with Gasteiger partial charge in [0.05, 0.1) is 15.9 Å². The highest BCUT2D eigenvalue weighted by atomic mass is 79.9. The summed E-state index contributed by atoms with van der Waals surface area (Å²) in [6.07, 6.45) is 3.75. The van der Waals surface area contributed by atoms with Gasteiger partial charge in [0.1, 0.15) is 0 Å². The lowest BCUT2D eigenvalue weighted by Crippen LogP contribution is -2.38. The van der Waals surface area contributed by atoms with Crippen LogP contribution in [-0.4, -0.2) is 22.4 Å². The second-order valence-corrected chi connectivity index (χ2v) is 6.23. The zero-order valence-corrected chi connectivity index (χ0v) is 12.8. The Morgan fingerprint density at radius 2 is 2.18 bits per heavy atom. The Morgan fingerprint density at radius 3 is 2.59 bits per heavy atom. The first-order valence-electron chi connectivity index (χ1n) is 6.39. The first kappa shape index (κ1) is 13.1. The molecule has 1 heterocycles. The maximum Gasteiger partial charge on any atom is 0.0738 e. The first-order chi connectivity index (χ1) is 7.98. The first-order valence-corrected chi connectivity index (χ1v) is 7.18. The van der Waals surface area contributed by atoms with Gasteiger partial charge in [0.2, 0.25) is 0 Å². The van der Waals surface area contributed by atoms with Crippen LogP contribution >= 0.6 is 15.9 Å². The van der Waals surface area contributed by atoms with Crippen molar-refractivity contribution in [1.82, 2.24) is 15.1 Å². The normalized spacial score (nSPS) is 19.4. The molecule has 1 unspecified atom stereocenters. The Hall–Kier alpha value is -0.350. The van der Waals surface area contributed by atoms with Crippen LogP contribution in [0.5, 0.6) is 0 Å². The van der Waals surface area contributed by atoms with Crippen molar-refractivity contribution in [3.63, 3.8) is 0 Å². The highest BCUT2D eigenvalue weighted by Gasteiger charge is 2.44. The highest BCUT2D eigenvalue weighted by molar-refractivity contribution is 9.10. The van der Waals surface area contributed by atoms with Crippen LogP contribution in [0.3, 0.4) is 0 Å². The van der Waals surface area contributed by atoms with Gasteiger partial charge in [0, 0.05) is 19.5 Å². The largest absolute Gasteiger partial charge is 0.313 e. The van der Waals surface area contributed by atoms with Gasteiger partial charge in [0.15, 0.2) is 0 Å².